The van der Waals surface area contributed by atoms with E-state index in [4.69, 9.17) is 25.8 Å². The normalized spacial score (nSPS) is 11.6. The van der Waals surface area contributed by atoms with Crippen molar-refractivity contribution in [3.8, 4) is 28.8 Å². The van der Waals surface area contributed by atoms with Gasteiger partial charge in [0.25, 0.3) is 0 Å². The van der Waals surface area contributed by atoms with Crippen LogP contribution < -0.4 is 19.5 Å². The molecule has 1 heterocycles. The Morgan fingerprint density at radius 1 is 0.897 bits per heavy atom. The van der Waals surface area contributed by atoms with Crippen LogP contribution in [-0.2, 0) is 0 Å². The van der Waals surface area contributed by atoms with Crippen molar-refractivity contribution in [2.24, 2.45) is 0 Å². The van der Waals surface area contributed by atoms with E-state index >= 15 is 0 Å². The molecule has 0 fully saturated rings. The molecular formula is C22H24ClN3O3. The fourth-order valence-corrected chi connectivity index (χ4v) is 3.04. The standard InChI is InChI=1S/C22H24ClN3O3/c1-14(15-5-8-17(23)9-6-15)13-24-21-12-18(25-22(26-21)29-4)16-7-10-19(27-2)20(11-16)28-3/h5-12,14H,13H2,1-4H3,(H,24,25,26). The summed E-state index contributed by atoms with van der Waals surface area (Å²) in [4.78, 5) is 8.88. The van der Waals surface area contributed by atoms with E-state index in [-0.39, 0.29) is 5.92 Å². The van der Waals surface area contributed by atoms with Crippen LogP contribution in [0.4, 0.5) is 5.82 Å². The number of nitrogens with zero attached hydrogens (tertiary/aromatic N) is 2. The Morgan fingerprint density at radius 3 is 2.28 bits per heavy atom. The number of hydrogen-bond acceptors (Lipinski definition) is 6. The topological polar surface area (TPSA) is 65.5 Å². The molecule has 0 aliphatic rings. The van der Waals surface area contributed by atoms with Gasteiger partial charge in [0.15, 0.2) is 11.5 Å². The molecule has 1 N–H and O–H groups in total. The number of halogens is 1. The molecule has 3 rings (SSSR count). The molecule has 7 heteroatoms. The van der Waals surface area contributed by atoms with Crippen molar-refractivity contribution in [3.05, 3.63) is 59.1 Å². The lowest BCUT2D eigenvalue weighted by Crippen LogP contribution is -2.11. The van der Waals surface area contributed by atoms with E-state index in [2.05, 4.69) is 22.2 Å². The van der Waals surface area contributed by atoms with Crippen molar-refractivity contribution in [1.29, 1.82) is 0 Å². The number of hydrogen-bond donors (Lipinski definition) is 1. The first kappa shape index (κ1) is 20.7. The highest BCUT2D eigenvalue weighted by molar-refractivity contribution is 6.30. The summed E-state index contributed by atoms with van der Waals surface area (Å²) >= 11 is 5.98. The van der Waals surface area contributed by atoms with Crippen molar-refractivity contribution in [2.75, 3.05) is 33.2 Å². The van der Waals surface area contributed by atoms with Gasteiger partial charge in [-0.05, 0) is 41.8 Å². The van der Waals surface area contributed by atoms with Gasteiger partial charge in [0, 0.05) is 23.2 Å². The molecule has 152 valence electrons. The van der Waals surface area contributed by atoms with Crippen molar-refractivity contribution < 1.29 is 14.2 Å². The monoisotopic (exact) mass is 413 g/mol. The highest BCUT2D eigenvalue weighted by Crippen LogP contribution is 2.32. The average molecular weight is 414 g/mol. The molecule has 0 amide bonds. The van der Waals surface area contributed by atoms with Crippen molar-refractivity contribution >= 4 is 17.4 Å². The number of rotatable bonds is 8. The molecule has 6 nitrogen and oxygen atoms in total. The lowest BCUT2D eigenvalue weighted by Gasteiger charge is -2.15. The first-order valence-corrected chi connectivity index (χ1v) is 9.56. The van der Waals surface area contributed by atoms with Crippen LogP contribution in [0.25, 0.3) is 11.3 Å². The third kappa shape index (κ3) is 5.09. The summed E-state index contributed by atoms with van der Waals surface area (Å²) in [6.45, 7) is 2.84. The summed E-state index contributed by atoms with van der Waals surface area (Å²) in [6, 6.07) is 15.7. The second-order valence-corrected chi connectivity index (χ2v) is 6.96. The molecule has 0 radical (unpaired) electrons. The van der Waals surface area contributed by atoms with Gasteiger partial charge in [0.1, 0.15) is 5.82 Å². The summed E-state index contributed by atoms with van der Waals surface area (Å²) in [5.41, 5.74) is 2.79. The largest absolute Gasteiger partial charge is 0.493 e. The van der Waals surface area contributed by atoms with E-state index in [1.807, 2.05) is 48.5 Å². The zero-order valence-electron chi connectivity index (χ0n) is 16.9. The van der Waals surface area contributed by atoms with Crippen LogP contribution in [0, 0.1) is 0 Å². The van der Waals surface area contributed by atoms with Crippen LogP contribution in [0.3, 0.4) is 0 Å². The molecule has 0 aliphatic carbocycles. The van der Waals surface area contributed by atoms with Gasteiger partial charge in [0.2, 0.25) is 0 Å². The second-order valence-electron chi connectivity index (χ2n) is 6.53. The molecule has 1 unspecified atom stereocenters. The van der Waals surface area contributed by atoms with Crippen LogP contribution in [0.15, 0.2) is 48.5 Å². The second kappa shape index (κ2) is 9.47. The predicted octanol–water partition coefficient (Wildman–Crippen LogP) is 5.04. The van der Waals surface area contributed by atoms with Gasteiger partial charge in [-0.15, -0.1) is 0 Å². The fraction of sp³-hybridized carbons (Fsp3) is 0.273. The number of nitrogens with one attached hydrogen (secondary N) is 1. The van der Waals surface area contributed by atoms with Crippen LogP contribution >= 0.6 is 11.6 Å². The van der Waals surface area contributed by atoms with Gasteiger partial charge in [-0.1, -0.05) is 30.7 Å². The van der Waals surface area contributed by atoms with Gasteiger partial charge in [0.05, 0.1) is 27.0 Å². The Morgan fingerprint density at radius 2 is 1.62 bits per heavy atom. The van der Waals surface area contributed by atoms with Crippen molar-refractivity contribution in [3.63, 3.8) is 0 Å². The van der Waals surface area contributed by atoms with E-state index in [9.17, 15) is 0 Å². The highest BCUT2D eigenvalue weighted by Gasteiger charge is 2.12. The molecule has 0 bridgehead atoms. The molecule has 2 aromatic carbocycles. The van der Waals surface area contributed by atoms with Gasteiger partial charge in [-0.3, -0.25) is 0 Å². The summed E-state index contributed by atoms with van der Waals surface area (Å²) in [5, 5.41) is 4.10. The van der Waals surface area contributed by atoms with Crippen LogP contribution in [0.5, 0.6) is 17.5 Å². The van der Waals surface area contributed by atoms with Crippen LogP contribution in [0.2, 0.25) is 5.02 Å². The maximum atomic E-state index is 5.98. The zero-order valence-corrected chi connectivity index (χ0v) is 17.7. The van der Waals surface area contributed by atoms with E-state index in [1.54, 1.807) is 21.3 Å². The minimum Gasteiger partial charge on any atom is -0.493 e. The molecule has 0 spiro atoms. The lowest BCUT2D eigenvalue weighted by molar-refractivity contribution is 0.355. The fourth-order valence-electron chi connectivity index (χ4n) is 2.92. The molecular weight excluding hydrogens is 390 g/mol. The number of aromatic nitrogens is 2. The molecule has 3 aromatic rings. The first-order chi connectivity index (χ1) is 14.0. The quantitative estimate of drug-likeness (QED) is 0.558. The Balaban J connectivity index is 1.82. The van der Waals surface area contributed by atoms with E-state index < -0.39 is 0 Å². The SMILES string of the molecule is COc1nc(NCC(C)c2ccc(Cl)cc2)cc(-c2ccc(OC)c(OC)c2)n1. The molecule has 0 saturated heterocycles. The minimum absolute atomic E-state index is 0.276. The van der Waals surface area contributed by atoms with E-state index in [1.165, 1.54) is 5.56 Å². The Labute approximate surface area is 175 Å². The van der Waals surface area contributed by atoms with Crippen molar-refractivity contribution in [2.45, 2.75) is 12.8 Å². The molecule has 0 saturated carbocycles. The zero-order chi connectivity index (χ0) is 20.8. The van der Waals surface area contributed by atoms with Gasteiger partial charge in [-0.25, -0.2) is 0 Å². The third-order valence-corrected chi connectivity index (χ3v) is 4.85. The Hall–Kier alpha value is -2.99. The summed E-state index contributed by atoms with van der Waals surface area (Å²) in [7, 11) is 4.76. The minimum atomic E-state index is 0.276. The maximum Gasteiger partial charge on any atom is 0.318 e. The summed E-state index contributed by atoms with van der Waals surface area (Å²) < 4.78 is 16.0. The smallest absolute Gasteiger partial charge is 0.318 e. The summed E-state index contributed by atoms with van der Waals surface area (Å²) in [5.74, 6) is 2.25. The van der Waals surface area contributed by atoms with Crippen LogP contribution in [-0.4, -0.2) is 37.8 Å². The number of anilines is 1. The van der Waals surface area contributed by atoms with Crippen LogP contribution in [0.1, 0.15) is 18.4 Å². The third-order valence-electron chi connectivity index (χ3n) is 4.60. The van der Waals surface area contributed by atoms with Crippen molar-refractivity contribution in [1.82, 2.24) is 9.97 Å². The van der Waals surface area contributed by atoms with E-state index in [0.29, 0.717) is 29.9 Å². The highest BCUT2D eigenvalue weighted by atomic mass is 35.5. The number of ether oxygens (including phenoxy) is 3. The Kier molecular flexibility index (Phi) is 6.77. The molecule has 0 aliphatic heterocycles. The predicted molar refractivity (Wildman–Crippen MR) is 115 cm³/mol. The molecule has 29 heavy (non-hydrogen) atoms. The molecule has 1 aromatic heterocycles. The van der Waals surface area contributed by atoms with E-state index in [0.717, 1.165) is 16.3 Å². The first-order valence-electron chi connectivity index (χ1n) is 9.19. The van der Waals surface area contributed by atoms with Gasteiger partial charge < -0.3 is 19.5 Å². The van der Waals surface area contributed by atoms with Gasteiger partial charge in [-0.2, -0.15) is 9.97 Å². The average Bonchev–Trinajstić information content (AvgIpc) is 2.77. The number of methoxy groups -OCH3 is 3. The maximum absolute atomic E-state index is 5.98. The van der Waals surface area contributed by atoms with Gasteiger partial charge >= 0.3 is 6.01 Å². The lowest BCUT2D eigenvalue weighted by atomic mass is 10.0. The Bertz CT molecular complexity index is 964. The molecule has 1 atom stereocenters. The summed E-state index contributed by atoms with van der Waals surface area (Å²) in [6.07, 6.45) is 0. The number of benzene rings is 2.